The van der Waals surface area contributed by atoms with Gasteiger partial charge in [0.05, 0.1) is 19.3 Å². The Bertz CT molecular complexity index is 932. The molecule has 0 bridgehead atoms. The quantitative estimate of drug-likeness (QED) is 0.454. The lowest BCUT2D eigenvalue weighted by molar-refractivity contribution is 0.414. The third kappa shape index (κ3) is 4.24. The summed E-state index contributed by atoms with van der Waals surface area (Å²) in [4.78, 5) is 8.26. The number of benzene rings is 2. The Balaban J connectivity index is 1.81. The van der Waals surface area contributed by atoms with Crippen molar-refractivity contribution in [2.24, 2.45) is 5.84 Å². The second kappa shape index (κ2) is 7.88. The Morgan fingerprint density at radius 1 is 1.15 bits per heavy atom. The number of aryl methyl sites for hydroxylation is 1. The van der Waals surface area contributed by atoms with Crippen LogP contribution in [-0.4, -0.2) is 17.1 Å². The van der Waals surface area contributed by atoms with Gasteiger partial charge in [-0.25, -0.2) is 20.2 Å². The van der Waals surface area contributed by atoms with E-state index < -0.39 is 5.82 Å². The normalized spacial score (nSPS) is 10.5. The average Bonchev–Trinajstić information content (AvgIpc) is 2.67. The molecule has 0 aliphatic heterocycles. The van der Waals surface area contributed by atoms with Gasteiger partial charge < -0.3 is 15.8 Å². The third-order valence-corrected chi connectivity index (χ3v) is 4.02. The summed E-state index contributed by atoms with van der Waals surface area (Å²) in [5.74, 6) is 7.14. The fourth-order valence-corrected chi connectivity index (χ4v) is 2.58. The lowest BCUT2D eigenvalue weighted by Crippen LogP contribution is -2.32. The molecule has 0 atom stereocenters. The van der Waals surface area contributed by atoms with Crippen LogP contribution in [0.5, 0.6) is 5.75 Å². The number of nitrogens with zero attached hydrogens (tertiary/aromatic N) is 3. The number of hydrogen-bond donors (Lipinski definition) is 3. The smallest absolute Gasteiger partial charge is 0.171 e. The molecule has 0 aliphatic rings. The zero-order chi connectivity index (χ0) is 19.4. The van der Waals surface area contributed by atoms with E-state index in [9.17, 15) is 4.39 Å². The number of aromatic nitrogens is 2. The molecular weight excluding hydrogens is 347 g/mol. The largest absolute Gasteiger partial charge is 0.497 e. The first-order valence-corrected chi connectivity index (χ1v) is 8.26. The maximum atomic E-state index is 14.0. The predicted molar refractivity (Wildman–Crippen MR) is 104 cm³/mol. The number of nitrogen functional groups attached to an aromatic ring is 1. The lowest BCUT2D eigenvalue weighted by atomic mass is 10.2. The maximum absolute atomic E-state index is 14.0. The first-order valence-electron chi connectivity index (χ1n) is 8.26. The van der Waals surface area contributed by atoms with Crippen LogP contribution < -0.4 is 26.6 Å². The van der Waals surface area contributed by atoms with Gasteiger partial charge in [0.25, 0.3) is 0 Å². The van der Waals surface area contributed by atoms with E-state index in [1.54, 1.807) is 19.2 Å². The van der Waals surface area contributed by atoms with Crippen LogP contribution in [0, 0.1) is 12.7 Å². The van der Waals surface area contributed by atoms with Crippen LogP contribution in [0.1, 0.15) is 11.1 Å². The second-order valence-corrected chi connectivity index (χ2v) is 6.04. The highest BCUT2D eigenvalue weighted by Crippen LogP contribution is 2.29. The van der Waals surface area contributed by atoms with Crippen LogP contribution in [-0.2, 0) is 6.54 Å². The molecule has 1 heterocycles. The predicted octanol–water partition coefficient (Wildman–Crippen LogP) is 3.14. The van der Waals surface area contributed by atoms with E-state index in [1.807, 2.05) is 31.2 Å². The van der Waals surface area contributed by atoms with Crippen LogP contribution in [0.3, 0.4) is 0 Å². The van der Waals surface area contributed by atoms with Crippen LogP contribution >= 0.6 is 0 Å². The molecule has 27 heavy (non-hydrogen) atoms. The van der Waals surface area contributed by atoms with Gasteiger partial charge in [-0.3, -0.25) is 5.01 Å². The molecule has 7 nitrogen and oxygen atoms in total. The maximum Gasteiger partial charge on any atom is 0.171 e. The molecule has 0 fully saturated rings. The van der Waals surface area contributed by atoms with Crippen molar-refractivity contribution < 1.29 is 9.13 Å². The highest BCUT2D eigenvalue weighted by atomic mass is 19.1. The summed E-state index contributed by atoms with van der Waals surface area (Å²) < 4.78 is 19.1. The van der Waals surface area contributed by atoms with Gasteiger partial charge in [0.2, 0.25) is 0 Å². The molecule has 8 heteroatoms. The number of halogens is 1. The highest BCUT2D eigenvalue weighted by Gasteiger charge is 2.14. The van der Waals surface area contributed by atoms with Gasteiger partial charge in [-0.15, -0.1) is 0 Å². The minimum atomic E-state index is -0.400. The summed E-state index contributed by atoms with van der Waals surface area (Å²) in [5, 5.41) is 4.32. The Morgan fingerprint density at radius 3 is 2.59 bits per heavy atom. The second-order valence-electron chi connectivity index (χ2n) is 6.04. The van der Waals surface area contributed by atoms with Crippen molar-refractivity contribution in [2.75, 3.05) is 23.2 Å². The summed E-state index contributed by atoms with van der Waals surface area (Å²) in [5.41, 5.74) is 8.54. The number of ether oxygens (including phenoxy) is 1. The van der Waals surface area contributed by atoms with Crippen molar-refractivity contribution in [3.63, 3.8) is 0 Å². The molecule has 0 spiro atoms. The van der Waals surface area contributed by atoms with Crippen molar-refractivity contribution in [3.8, 4) is 5.75 Å². The van der Waals surface area contributed by atoms with Gasteiger partial charge in [-0.05, 0) is 42.3 Å². The van der Waals surface area contributed by atoms with Crippen LogP contribution in [0.2, 0.25) is 0 Å². The monoisotopic (exact) mass is 368 g/mol. The zero-order valence-corrected chi connectivity index (χ0v) is 15.1. The summed E-state index contributed by atoms with van der Waals surface area (Å²) in [6.45, 7) is 2.25. The van der Waals surface area contributed by atoms with E-state index in [1.165, 1.54) is 17.4 Å². The molecule has 0 saturated heterocycles. The third-order valence-electron chi connectivity index (χ3n) is 4.02. The van der Waals surface area contributed by atoms with Gasteiger partial charge in [0.15, 0.2) is 11.6 Å². The molecular formula is C19H21FN6O. The van der Waals surface area contributed by atoms with Crippen LogP contribution in [0.4, 0.5) is 27.4 Å². The minimum Gasteiger partial charge on any atom is -0.497 e. The Labute approximate surface area is 156 Å². The number of rotatable bonds is 6. The number of methoxy groups -OCH3 is 1. The van der Waals surface area contributed by atoms with E-state index in [-0.39, 0.29) is 17.2 Å². The Morgan fingerprint density at radius 2 is 1.89 bits per heavy atom. The van der Waals surface area contributed by atoms with Crippen molar-refractivity contribution >= 4 is 23.0 Å². The van der Waals surface area contributed by atoms with E-state index in [2.05, 4.69) is 15.3 Å². The average molecular weight is 368 g/mol. The first-order chi connectivity index (χ1) is 13.0. The molecule has 1 aromatic heterocycles. The summed E-state index contributed by atoms with van der Waals surface area (Å²) in [6, 6.07) is 12.2. The van der Waals surface area contributed by atoms with E-state index in [4.69, 9.17) is 16.3 Å². The molecule has 0 saturated carbocycles. The number of hydrazine groups is 1. The van der Waals surface area contributed by atoms with E-state index >= 15 is 0 Å². The van der Waals surface area contributed by atoms with Crippen LogP contribution in [0.15, 0.2) is 48.8 Å². The van der Waals surface area contributed by atoms with Gasteiger partial charge in [0, 0.05) is 0 Å². The van der Waals surface area contributed by atoms with Crippen molar-refractivity contribution in [1.29, 1.82) is 0 Å². The van der Waals surface area contributed by atoms with Crippen molar-refractivity contribution in [3.05, 3.63) is 65.7 Å². The molecule has 0 unspecified atom stereocenters. The number of anilines is 4. The van der Waals surface area contributed by atoms with Gasteiger partial charge >= 0.3 is 0 Å². The fraction of sp³-hybridized carbons (Fsp3) is 0.158. The van der Waals surface area contributed by atoms with Crippen molar-refractivity contribution in [1.82, 2.24) is 9.97 Å². The molecule has 0 aliphatic carbocycles. The topological polar surface area (TPSA) is 102 Å². The zero-order valence-electron chi connectivity index (χ0n) is 15.1. The molecule has 3 aromatic rings. The van der Waals surface area contributed by atoms with Gasteiger partial charge in [-0.2, -0.15) is 0 Å². The molecule has 2 aromatic carbocycles. The Hall–Kier alpha value is -3.39. The van der Waals surface area contributed by atoms with Crippen LogP contribution in [0.25, 0.3) is 0 Å². The first kappa shape index (κ1) is 18.4. The molecule has 5 N–H and O–H groups in total. The van der Waals surface area contributed by atoms with Gasteiger partial charge in [-0.1, -0.05) is 18.2 Å². The molecule has 0 radical (unpaired) electrons. The summed E-state index contributed by atoms with van der Waals surface area (Å²) >= 11 is 0. The minimum absolute atomic E-state index is 0.231. The van der Waals surface area contributed by atoms with E-state index in [0.717, 1.165) is 16.9 Å². The fourth-order valence-electron chi connectivity index (χ4n) is 2.58. The number of hydrogen-bond acceptors (Lipinski definition) is 7. The highest BCUT2D eigenvalue weighted by molar-refractivity contribution is 5.78. The summed E-state index contributed by atoms with van der Waals surface area (Å²) in [6.07, 6.45) is 1.33. The lowest BCUT2D eigenvalue weighted by Gasteiger charge is -2.20. The Kier molecular flexibility index (Phi) is 5.37. The molecule has 3 rings (SSSR count). The SMILES string of the molecule is COc1ccc(CN(N)c2ncnc(Nc3cc(C)ccc3F)c2N)cc1. The van der Waals surface area contributed by atoms with Gasteiger partial charge in [0.1, 0.15) is 23.6 Å². The number of nitrogens with one attached hydrogen (secondary N) is 1. The summed E-state index contributed by atoms with van der Waals surface area (Å²) in [7, 11) is 1.61. The standard InChI is InChI=1S/C19H21FN6O/c1-12-3-8-15(20)16(9-12)25-18-17(21)19(24-11-23-18)26(22)10-13-4-6-14(27-2)7-5-13/h3-9,11H,10,21-22H2,1-2H3,(H,23,24,25). The molecule has 0 amide bonds. The van der Waals surface area contributed by atoms with E-state index in [0.29, 0.717) is 12.4 Å². The number of nitrogens with two attached hydrogens (primary N) is 2. The van der Waals surface area contributed by atoms with Crippen molar-refractivity contribution in [2.45, 2.75) is 13.5 Å². The molecule has 140 valence electrons.